The van der Waals surface area contributed by atoms with Crippen molar-refractivity contribution in [2.24, 2.45) is 0 Å². The Morgan fingerprint density at radius 1 is 1.58 bits per heavy atom. The summed E-state index contributed by atoms with van der Waals surface area (Å²) < 4.78 is 23.7. The zero-order valence-corrected chi connectivity index (χ0v) is 8.00. The van der Waals surface area contributed by atoms with Gasteiger partial charge in [-0.3, -0.25) is 0 Å². The van der Waals surface area contributed by atoms with Gasteiger partial charge in [0.2, 0.25) is 0 Å². The van der Waals surface area contributed by atoms with Crippen LogP contribution in [-0.2, 0) is 10.0 Å². The summed E-state index contributed by atoms with van der Waals surface area (Å²) in [6.07, 6.45) is 2.08. The SMILES string of the molecule is CCCS(=O)(=O)n1ccc(C)n1. The maximum Gasteiger partial charge on any atom is 0.253 e. The summed E-state index contributed by atoms with van der Waals surface area (Å²) in [7, 11) is -3.18. The molecule has 0 atom stereocenters. The van der Waals surface area contributed by atoms with E-state index in [1.54, 1.807) is 13.0 Å². The topological polar surface area (TPSA) is 52.0 Å². The number of hydrogen-bond donors (Lipinski definition) is 0. The molecule has 12 heavy (non-hydrogen) atoms. The van der Waals surface area contributed by atoms with Gasteiger partial charge < -0.3 is 0 Å². The lowest BCUT2D eigenvalue weighted by atomic mass is 10.5. The third-order valence-electron chi connectivity index (χ3n) is 1.45. The largest absolute Gasteiger partial charge is 0.253 e. The van der Waals surface area contributed by atoms with Crippen LogP contribution in [0.3, 0.4) is 0 Å². The second-order valence-electron chi connectivity index (χ2n) is 2.65. The molecule has 1 rings (SSSR count). The Morgan fingerprint density at radius 3 is 2.67 bits per heavy atom. The lowest BCUT2D eigenvalue weighted by Gasteiger charge is -2.00. The molecule has 0 N–H and O–H groups in total. The molecule has 68 valence electrons. The monoisotopic (exact) mass is 188 g/mol. The summed E-state index contributed by atoms with van der Waals surface area (Å²) in [6, 6.07) is 1.67. The Morgan fingerprint density at radius 2 is 2.25 bits per heavy atom. The third kappa shape index (κ3) is 1.85. The molecule has 0 fully saturated rings. The Bertz CT molecular complexity index is 353. The first-order chi connectivity index (χ1) is 5.56. The van der Waals surface area contributed by atoms with Crippen LogP contribution in [0.15, 0.2) is 12.3 Å². The van der Waals surface area contributed by atoms with Crippen LogP contribution >= 0.6 is 0 Å². The lowest BCUT2D eigenvalue weighted by Crippen LogP contribution is -2.16. The zero-order chi connectivity index (χ0) is 9.19. The number of nitrogens with zero attached hydrogens (tertiary/aromatic N) is 2. The first kappa shape index (κ1) is 9.25. The van der Waals surface area contributed by atoms with Gasteiger partial charge >= 0.3 is 0 Å². The highest BCUT2D eigenvalue weighted by Crippen LogP contribution is 2.00. The number of aromatic nitrogens is 2. The van der Waals surface area contributed by atoms with Crippen molar-refractivity contribution >= 4 is 10.0 Å². The molecule has 4 nitrogen and oxygen atoms in total. The van der Waals surface area contributed by atoms with Crippen molar-refractivity contribution in [1.82, 2.24) is 9.19 Å². The van der Waals surface area contributed by atoms with Crippen LogP contribution in [0, 0.1) is 6.92 Å². The molecule has 1 aromatic heterocycles. The van der Waals surface area contributed by atoms with E-state index in [0.717, 1.165) is 9.78 Å². The van der Waals surface area contributed by atoms with Crippen LogP contribution in [0.4, 0.5) is 0 Å². The maximum atomic E-state index is 11.3. The van der Waals surface area contributed by atoms with E-state index < -0.39 is 10.0 Å². The normalized spacial score (nSPS) is 11.8. The second kappa shape index (κ2) is 3.26. The van der Waals surface area contributed by atoms with Crippen molar-refractivity contribution in [3.8, 4) is 0 Å². The van der Waals surface area contributed by atoms with E-state index in [0.29, 0.717) is 6.42 Å². The molecule has 0 amide bonds. The molecule has 0 radical (unpaired) electrons. The quantitative estimate of drug-likeness (QED) is 0.704. The van der Waals surface area contributed by atoms with E-state index in [9.17, 15) is 8.42 Å². The van der Waals surface area contributed by atoms with Gasteiger partial charge in [-0.2, -0.15) is 9.19 Å². The van der Waals surface area contributed by atoms with Crippen molar-refractivity contribution < 1.29 is 8.42 Å². The predicted octanol–water partition coefficient (Wildman–Crippen LogP) is 0.779. The van der Waals surface area contributed by atoms with Crippen molar-refractivity contribution in [3.63, 3.8) is 0 Å². The van der Waals surface area contributed by atoms with Crippen molar-refractivity contribution in [1.29, 1.82) is 0 Å². The molecule has 1 heterocycles. The van der Waals surface area contributed by atoms with E-state index in [1.165, 1.54) is 6.20 Å². The minimum Gasteiger partial charge on any atom is -0.205 e. The average Bonchev–Trinajstić information content (AvgIpc) is 2.36. The van der Waals surface area contributed by atoms with Gasteiger partial charge in [0.1, 0.15) is 0 Å². The van der Waals surface area contributed by atoms with Gasteiger partial charge in [0.25, 0.3) is 10.0 Å². The van der Waals surface area contributed by atoms with E-state index in [-0.39, 0.29) is 5.75 Å². The smallest absolute Gasteiger partial charge is 0.205 e. The fourth-order valence-electron chi connectivity index (χ4n) is 0.900. The lowest BCUT2D eigenvalue weighted by molar-refractivity contribution is 0.578. The molecule has 0 saturated heterocycles. The summed E-state index contributed by atoms with van der Waals surface area (Å²) in [6.45, 7) is 3.59. The highest BCUT2D eigenvalue weighted by atomic mass is 32.2. The third-order valence-corrected chi connectivity index (χ3v) is 3.14. The number of rotatable bonds is 3. The van der Waals surface area contributed by atoms with Crippen LogP contribution < -0.4 is 0 Å². The molecular weight excluding hydrogens is 176 g/mol. The van der Waals surface area contributed by atoms with Crippen LogP contribution in [0.2, 0.25) is 0 Å². The molecule has 0 unspecified atom stereocenters. The Hall–Kier alpha value is -0.840. The fraction of sp³-hybridized carbons (Fsp3) is 0.571. The van der Waals surface area contributed by atoms with E-state index in [2.05, 4.69) is 5.10 Å². The summed E-state index contributed by atoms with van der Waals surface area (Å²) in [5.74, 6) is 0.147. The van der Waals surface area contributed by atoms with E-state index >= 15 is 0 Å². The minimum atomic E-state index is -3.18. The van der Waals surface area contributed by atoms with Gasteiger partial charge in [0, 0.05) is 6.20 Å². The predicted molar refractivity (Wildman–Crippen MR) is 46.4 cm³/mol. The molecule has 0 saturated carbocycles. The molecular formula is C7H12N2O2S. The van der Waals surface area contributed by atoms with Gasteiger partial charge in [-0.1, -0.05) is 6.92 Å². The summed E-state index contributed by atoms with van der Waals surface area (Å²) >= 11 is 0. The first-order valence-corrected chi connectivity index (χ1v) is 5.42. The molecule has 0 bridgehead atoms. The standard InChI is InChI=1S/C7H12N2O2S/c1-3-6-12(10,11)9-5-4-7(2)8-9/h4-5H,3,6H2,1-2H3. The van der Waals surface area contributed by atoms with E-state index in [4.69, 9.17) is 0 Å². The van der Waals surface area contributed by atoms with Crippen LogP contribution in [0.1, 0.15) is 19.0 Å². The summed E-state index contributed by atoms with van der Waals surface area (Å²) in [5, 5.41) is 3.83. The van der Waals surface area contributed by atoms with E-state index in [1.807, 2.05) is 6.92 Å². The van der Waals surface area contributed by atoms with Crippen molar-refractivity contribution in [3.05, 3.63) is 18.0 Å². The second-order valence-corrected chi connectivity index (χ2v) is 4.59. The van der Waals surface area contributed by atoms with Crippen LogP contribution in [0.5, 0.6) is 0 Å². The molecule has 0 aliphatic carbocycles. The van der Waals surface area contributed by atoms with Gasteiger partial charge in [0.05, 0.1) is 11.4 Å². The van der Waals surface area contributed by atoms with Crippen LogP contribution in [-0.4, -0.2) is 23.4 Å². The summed E-state index contributed by atoms with van der Waals surface area (Å²) in [5.41, 5.74) is 0.717. The number of hydrogen-bond acceptors (Lipinski definition) is 3. The highest BCUT2D eigenvalue weighted by Gasteiger charge is 2.11. The van der Waals surface area contributed by atoms with Gasteiger partial charge in [-0.15, -0.1) is 0 Å². The Labute approximate surface area is 72.3 Å². The molecule has 0 aromatic carbocycles. The molecule has 0 aliphatic heterocycles. The highest BCUT2D eigenvalue weighted by molar-refractivity contribution is 7.89. The Kier molecular flexibility index (Phi) is 2.52. The minimum absolute atomic E-state index is 0.147. The molecule has 1 aromatic rings. The Balaban J connectivity index is 2.98. The first-order valence-electron chi connectivity index (χ1n) is 3.82. The summed E-state index contributed by atoms with van der Waals surface area (Å²) in [4.78, 5) is 0. The average molecular weight is 188 g/mol. The van der Waals surface area contributed by atoms with Crippen molar-refractivity contribution in [2.75, 3.05) is 5.75 Å². The molecule has 0 aliphatic rings. The molecule has 0 spiro atoms. The number of aryl methyl sites for hydroxylation is 1. The zero-order valence-electron chi connectivity index (χ0n) is 7.19. The molecule has 5 heteroatoms. The van der Waals surface area contributed by atoms with Gasteiger partial charge in [-0.25, -0.2) is 8.42 Å². The van der Waals surface area contributed by atoms with Crippen molar-refractivity contribution in [2.45, 2.75) is 20.3 Å². The fourth-order valence-corrected chi connectivity index (χ4v) is 2.10. The maximum absolute atomic E-state index is 11.3. The van der Waals surface area contributed by atoms with Gasteiger partial charge in [-0.05, 0) is 19.4 Å². The van der Waals surface area contributed by atoms with Crippen LogP contribution in [0.25, 0.3) is 0 Å². The van der Waals surface area contributed by atoms with Gasteiger partial charge in [0.15, 0.2) is 0 Å².